The number of hydrogen-bond donors (Lipinski definition) is 1. The van der Waals surface area contributed by atoms with Gasteiger partial charge >= 0.3 is 0 Å². The van der Waals surface area contributed by atoms with E-state index in [-0.39, 0.29) is 0 Å². The molecule has 3 aliphatic heterocycles. The number of nitrogens with zero attached hydrogens (tertiary/aromatic N) is 3. The Morgan fingerprint density at radius 2 is 1.82 bits per heavy atom. The smallest absolute Gasteiger partial charge is 0.223 e. The number of fused-ring (bicyclic) bond motifs is 3. The summed E-state index contributed by atoms with van der Waals surface area (Å²) in [4.78, 5) is 23.7. The molecule has 4 aliphatic rings. The molecule has 0 aromatic carbocycles. The third-order valence-corrected chi connectivity index (χ3v) is 7.78. The Morgan fingerprint density at radius 3 is 2.50 bits per heavy atom. The van der Waals surface area contributed by atoms with Gasteiger partial charge in [-0.3, -0.25) is 4.79 Å². The van der Waals surface area contributed by atoms with Crippen LogP contribution in [0.4, 0.5) is 5.13 Å². The highest BCUT2D eigenvalue weighted by atomic mass is 32.1. The molecule has 3 fully saturated rings. The van der Waals surface area contributed by atoms with Crippen LogP contribution >= 0.6 is 11.3 Å². The van der Waals surface area contributed by atoms with E-state index in [2.05, 4.69) is 29.0 Å². The Kier molecular flexibility index (Phi) is 6.56. The zero-order valence-corrected chi connectivity index (χ0v) is 18.4. The van der Waals surface area contributed by atoms with Gasteiger partial charge in [0.25, 0.3) is 0 Å². The minimum absolute atomic E-state index is 0.356. The monoisotopic (exact) mass is 404 g/mol. The van der Waals surface area contributed by atoms with Crippen LogP contribution in [0, 0.1) is 5.92 Å². The summed E-state index contributed by atoms with van der Waals surface area (Å²) in [6.07, 6.45) is 10.7. The van der Waals surface area contributed by atoms with Gasteiger partial charge in [0.1, 0.15) is 0 Å². The molecule has 5 nitrogen and oxygen atoms in total. The zero-order chi connectivity index (χ0) is 19.5. The maximum Gasteiger partial charge on any atom is 0.223 e. The first-order valence-corrected chi connectivity index (χ1v) is 12.3. The number of aromatic nitrogens is 1. The van der Waals surface area contributed by atoms with Crippen LogP contribution in [0.2, 0.25) is 0 Å². The summed E-state index contributed by atoms with van der Waals surface area (Å²) in [7, 11) is 0. The summed E-state index contributed by atoms with van der Waals surface area (Å²) in [5.74, 6) is 0.991. The van der Waals surface area contributed by atoms with Crippen molar-refractivity contribution >= 4 is 22.4 Å². The fourth-order valence-electron chi connectivity index (χ4n) is 5.19. The first-order chi connectivity index (χ1) is 13.7. The molecule has 0 radical (unpaired) electrons. The van der Waals surface area contributed by atoms with Gasteiger partial charge in [-0.2, -0.15) is 0 Å². The van der Waals surface area contributed by atoms with Crippen LogP contribution in [0.5, 0.6) is 0 Å². The Morgan fingerprint density at radius 1 is 1.14 bits per heavy atom. The van der Waals surface area contributed by atoms with E-state index in [1.54, 1.807) is 0 Å². The van der Waals surface area contributed by atoms with Crippen LogP contribution in [-0.2, 0) is 17.8 Å². The molecule has 1 saturated carbocycles. The Labute approximate surface area is 173 Å². The Bertz CT molecular complexity index is 653. The second kappa shape index (κ2) is 9.12. The number of anilines is 1. The molecule has 28 heavy (non-hydrogen) atoms. The van der Waals surface area contributed by atoms with E-state index in [1.165, 1.54) is 60.6 Å². The van der Waals surface area contributed by atoms with E-state index in [0.717, 1.165) is 39.0 Å². The van der Waals surface area contributed by atoms with E-state index < -0.39 is 0 Å². The molecule has 5 rings (SSSR count). The van der Waals surface area contributed by atoms with Gasteiger partial charge in [0.2, 0.25) is 5.91 Å². The first-order valence-electron chi connectivity index (χ1n) is 11.4. The van der Waals surface area contributed by atoms with Crippen molar-refractivity contribution in [3.8, 4) is 0 Å². The molecular weight excluding hydrogens is 368 g/mol. The molecule has 6 heteroatoms. The fraction of sp³-hybridized carbons (Fsp3) is 0.818. The van der Waals surface area contributed by atoms with E-state index >= 15 is 0 Å². The largest absolute Gasteiger partial charge is 0.340 e. The molecule has 2 bridgehead atoms. The van der Waals surface area contributed by atoms with Crippen molar-refractivity contribution < 1.29 is 4.79 Å². The van der Waals surface area contributed by atoms with E-state index in [0.29, 0.717) is 23.9 Å². The Balaban J connectivity index is 0.000000604. The average Bonchev–Trinajstić information content (AvgIpc) is 3.39. The van der Waals surface area contributed by atoms with E-state index in [9.17, 15) is 4.79 Å². The fourth-order valence-corrected chi connectivity index (χ4v) is 6.39. The van der Waals surface area contributed by atoms with Gasteiger partial charge in [-0.1, -0.05) is 33.1 Å². The van der Waals surface area contributed by atoms with Crippen molar-refractivity contribution in [2.75, 3.05) is 24.5 Å². The molecule has 1 amide bonds. The lowest BCUT2D eigenvalue weighted by molar-refractivity contribution is -0.133. The van der Waals surface area contributed by atoms with E-state index in [4.69, 9.17) is 4.98 Å². The number of carbonyl (C=O) groups is 1. The van der Waals surface area contributed by atoms with Gasteiger partial charge in [-0.05, 0) is 31.6 Å². The lowest BCUT2D eigenvalue weighted by Gasteiger charge is -2.35. The van der Waals surface area contributed by atoms with Gasteiger partial charge in [-0.15, -0.1) is 11.3 Å². The van der Waals surface area contributed by atoms with Crippen molar-refractivity contribution in [3.63, 3.8) is 0 Å². The molecule has 0 spiro atoms. The number of thiazole rings is 1. The van der Waals surface area contributed by atoms with Crippen LogP contribution in [0.25, 0.3) is 0 Å². The van der Waals surface area contributed by atoms with Crippen LogP contribution in [0.15, 0.2) is 0 Å². The summed E-state index contributed by atoms with van der Waals surface area (Å²) < 4.78 is 0. The molecule has 4 heterocycles. The van der Waals surface area contributed by atoms with Crippen molar-refractivity contribution in [2.24, 2.45) is 5.92 Å². The quantitative estimate of drug-likeness (QED) is 0.828. The lowest BCUT2D eigenvalue weighted by atomic mass is 10.0. The van der Waals surface area contributed by atoms with Gasteiger partial charge in [0.15, 0.2) is 5.13 Å². The number of nitrogens with one attached hydrogen (secondary N) is 1. The molecule has 1 aromatic rings. The topological polar surface area (TPSA) is 48.5 Å². The SMILES string of the molecule is CCC.O=C(CC1CCCC1)N1CCc2sc(N3C4CCC3CNC4)nc2C1. The lowest BCUT2D eigenvalue weighted by Crippen LogP contribution is -2.52. The van der Waals surface area contributed by atoms with Crippen molar-refractivity contribution in [3.05, 3.63) is 10.6 Å². The summed E-state index contributed by atoms with van der Waals surface area (Å²) in [5, 5.41) is 4.76. The number of carbonyl (C=O) groups excluding carboxylic acids is 1. The van der Waals surface area contributed by atoms with Gasteiger partial charge in [0.05, 0.1) is 12.2 Å². The van der Waals surface area contributed by atoms with Crippen molar-refractivity contribution in [1.29, 1.82) is 0 Å². The normalized spacial score (nSPS) is 26.8. The molecule has 156 valence electrons. The van der Waals surface area contributed by atoms with Crippen LogP contribution < -0.4 is 10.2 Å². The average molecular weight is 405 g/mol. The Hall–Kier alpha value is -1.14. The predicted octanol–water partition coefficient (Wildman–Crippen LogP) is 3.97. The van der Waals surface area contributed by atoms with Crippen LogP contribution in [-0.4, -0.2) is 47.5 Å². The number of rotatable bonds is 3. The molecule has 2 atom stereocenters. The standard InChI is InChI=1S/C19H28N4OS.C3H8/c24-18(9-13-3-1-2-4-13)22-8-7-17-16(12-22)21-19(25-17)23-14-5-6-15(23)11-20-10-14;1-3-2/h13-15,20H,1-12H2;3H2,1-2H3. The van der Waals surface area contributed by atoms with Gasteiger partial charge < -0.3 is 15.1 Å². The predicted molar refractivity (Wildman–Crippen MR) is 116 cm³/mol. The highest BCUT2D eigenvalue weighted by Crippen LogP contribution is 2.38. The minimum Gasteiger partial charge on any atom is -0.340 e. The summed E-state index contributed by atoms with van der Waals surface area (Å²) >= 11 is 1.89. The summed E-state index contributed by atoms with van der Waals surface area (Å²) in [5.41, 5.74) is 1.17. The molecule has 2 unspecified atom stereocenters. The maximum atomic E-state index is 12.7. The zero-order valence-electron chi connectivity index (χ0n) is 17.6. The third-order valence-electron chi connectivity index (χ3n) is 6.61. The molecule has 2 saturated heterocycles. The number of piperazine rings is 1. The third kappa shape index (κ3) is 4.23. The minimum atomic E-state index is 0.356. The van der Waals surface area contributed by atoms with Crippen molar-refractivity contribution in [2.45, 2.75) is 90.3 Å². The van der Waals surface area contributed by atoms with Crippen LogP contribution in [0.1, 0.15) is 75.8 Å². The van der Waals surface area contributed by atoms with Crippen molar-refractivity contribution in [1.82, 2.24) is 15.2 Å². The second-order valence-electron chi connectivity index (χ2n) is 8.94. The first kappa shape index (κ1) is 20.1. The highest BCUT2D eigenvalue weighted by molar-refractivity contribution is 7.15. The van der Waals surface area contributed by atoms with Gasteiger partial charge in [-0.25, -0.2) is 4.98 Å². The maximum absolute atomic E-state index is 12.7. The van der Waals surface area contributed by atoms with Crippen LogP contribution in [0.3, 0.4) is 0 Å². The molecular formula is C22H36N4OS. The molecule has 1 aromatic heterocycles. The van der Waals surface area contributed by atoms with Gasteiger partial charge in [0, 0.05) is 49.4 Å². The second-order valence-corrected chi connectivity index (χ2v) is 10.0. The highest BCUT2D eigenvalue weighted by Gasteiger charge is 2.39. The molecule has 1 N–H and O–H groups in total. The molecule has 1 aliphatic carbocycles. The summed E-state index contributed by atoms with van der Waals surface area (Å²) in [6, 6.07) is 1.23. The summed E-state index contributed by atoms with van der Waals surface area (Å²) in [6.45, 7) is 8.05. The van der Waals surface area contributed by atoms with E-state index in [1.807, 2.05) is 11.3 Å². The number of amides is 1. The number of hydrogen-bond acceptors (Lipinski definition) is 5.